The largest absolute Gasteiger partial charge is 0.398 e. The zero-order valence-corrected chi connectivity index (χ0v) is 12.5. The molecule has 1 aromatic rings. The molecule has 2 unspecified atom stereocenters. The van der Waals surface area contributed by atoms with Gasteiger partial charge in [0, 0.05) is 11.1 Å². The Morgan fingerprint density at radius 2 is 2.11 bits per heavy atom. The summed E-state index contributed by atoms with van der Waals surface area (Å²) in [6.45, 7) is 2.15. The number of benzene rings is 1. The number of halogens is 1. The van der Waals surface area contributed by atoms with Gasteiger partial charge in [-0.25, -0.2) is 13.1 Å². The fourth-order valence-electron chi connectivity index (χ4n) is 2.59. The molecule has 0 radical (unpaired) electrons. The Labute approximate surface area is 119 Å². The highest BCUT2D eigenvalue weighted by atomic mass is 35.5. The Balaban J connectivity index is 2.18. The van der Waals surface area contributed by atoms with Gasteiger partial charge in [0.05, 0.1) is 5.69 Å². The van der Waals surface area contributed by atoms with Crippen LogP contribution in [-0.4, -0.2) is 14.5 Å². The van der Waals surface area contributed by atoms with Crippen LogP contribution in [0, 0.1) is 5.92 Å². The molecule has 106 valence electrons. The molecule has 1 aliphatic carbocycles. The molecule has 1 aromatic carbocycles. The molecule has 0 bridgehead atoms. The van der Waals surface area contributed by atoms with E-state index in [1.807, 2.05) is 0 Å². The molecule has 0 saturated heterocycles. The molecule has 1 aliphatic rings. The SMILES string of the molecule is CC1CCCC(NS(=O)(=O)c2ccc(Cl)cc2N)C1. The van der Waals surface area contributed by atoms with E-state index in [1.54, 1.807) is 0 Å². The second-order valence-electron chi connectivity index (χ2n) is 5.27. The maximum Gasteiger partial charge on any atom is 0.242 e. The Kier molecular flexibility index (Phi) is 4.38. The maximum absolute atomic E-state index is 12.3. The average Bonchev–Trinajstić information content (AvgIpc) is 2.27. The van der Waals surface area contributed by atoms with Gasteiger partial charge in [-0.1, -0.05) is 31.4 Å². The van der Waals surface area contributed by atoms with Crippen LogP contribution in [0.25, 0.3) is 0 Å². The minimum atomic E-state index is -3.56. The van der Waals surface area contributed by atoms with Gasteiger partial charge in [-0.05, 0) is 37.0 Å². The minimum absolute atomic E-state index is 0.00354. The summed E-state index contributed by atoms with van der Waals surface area (Å²) in [4.78, 5) is 0.107. The van der Waals surface area contributed by atoms with E-state index < -0.39 is 10.0 Å². The van der Waals surface area contributed by atoms with E-state index in [2.05, 4.69) is 11.6 Å². The highest BCUT2D eigenvalue weighted by Crippen LogP contribution is 2.27. The highest BCUT2D eigenvalue weighted by molar-refractivity contribution is 7.89. The number of hydrogen-bond acceptors (Lipinski definition) is 3. The lowest BCUT2D eigenvalue weighted by atomic mass is 9.88. The first-order chi connectivity index (χ1) is 8.88. The summed E-state index contributed by atoms with van der Waals surface area (Å²) in [5, 5.41) is 0.433. The van der Waals surface area contributed by atoms with Crippen LogP contribution in [0.4, 0.5) is 5.69 Å². The predicted octanol–water partition coefficient (Wildman–Crippen LogP) is 2.78. The average molecular weight is 303 g/mol. The van der Waals surface area contributed by atoms with Gasteiger partial charge < -0.3 is 5.73 Å². The molecule has 2 atom stereocenters. The third kappa shape index (κ3) is 3.61. The van der Waals surface area contributed by atoms with E-state index in [4.69, 9.17) is 17.3 Å². The van der Waals surface area contributed by atoms with Crippen LogP contribution in [0.1, 0.15) is 32.6 Å². The number of sulfonamides is 1. The van der Waals surface area contributed by atoms with Crippen molar-refractivity contribution in [1.29, 1.82) is 0 Å². The molecule has 2 rings (SSSR count). The third-order valence-electron chi connectivity index (χ3n) is 3.52. The first-order valence-corrected chi connectivity index (χ1v) is 8.32. The lowest BCUT2D eigenvalue weighted by molar-refractivity contribution is 0.327. The van der Waals surface area contributed by atoms with Gasteiger partial charge in [0.2, 0.25) is 10.0 Å². The van der Waals surface area contributed by atoms with Crippen LogP contribution in [-0.2, 0) is 10.0 Å². The molecule has 0 aliphatic heterocycles. The summed E-state index contributed by atoms with van der Waals surface area (Å²) >= 11 is 5.78. The maximum atomic E-state index is 12.3. The van der Waals surface area contributed by atoms with E-state index in [9.17, 15) is 8.42 Å². The second-order valence-corrected chi connectivity index (χ2v) is 7.39. The normalized spacial score (nSPS) is 24.3. The number of nitrogens with one attached hydrogen (secondary N) is 1. The zero-order valence-electron chi connectivity index (χ0n) is 10.9. The number of anilines is 1. The monoisotopic (exact) mass is 302 g/mol. The van der Waals surface area contributed by atoms with E-state index >= 15 is 0 Å². The number of nitrogen functional groups attached to an aromatic ring is 1. The van der Waals surface area contributed by atoms with Gasteiger partial charge in [-0.15, -0.1) is 0 Å². The van der Waals surface area contributed by atoms with Gasteiger partial charge in [-0.2, -0.15) is 0 Å². The van der Waals surface area contributed by atoms with Crippen LogP contribution in [0.15, 0.2) is 23.1 Å². The standard InChI is InChI=1S/C13H19ClN2O2S/c1-9-3-2-4-11(7-9)16-19(17,18)13-6-5-10(14)8-12(13)15/h5-6,8-9,11,16H,2-4,7,15H2,1H3. The van der Waals surface area contributed by atoms with E-state index in [-0.39, 0.29) is 16.6 Å². The fraction of sp³-hybridized carbons (Fsp3) is 0.538. The molecule has 1 fully saturated rings. The third-order valence-corrected chi connectivity index (χ3v) is 5.35. The zero-order chi connectivity index (χ0) is 14.0. The van der Waals surface area contributed by atoms with Crippen molar-refractivity contribution in [3.63, 3.8) is 0 Å². The lowest BCUT2D eigenvalue weighted by Gasteiger charge is -2.27. The number of rotatable bonds is 3. The summed E-state index contributed by atoms with van der Waals surface area (Å²) in [6.07, 6.45) is 4.00. The van der Waals surface area contributed by atoms with Crippen molar-refractivity contribution in [2.75, 3.05) is 5.73 Å². The van der Waals surface area contributed by atoms with Crippen molar-refractivity contribution in [3.8, 4) is 0 Å². The van der Waals surface area contributed by atoms with Gasteiger partial charge in [0.15, 0.2) is 0 Å². The fourth-order valence-corrected chi connectivity index (χ4v) is 4.16. The van der Waals surface area contributed by atoms with Crippen molar-refractivity contribution in [2.24, 2.45) is 5.92 Å². The summed E-state index contributed by atoms with van der Waals surface area (Å²) < 4.78 is 27.4. The number of hydrogen-bond donors (Lipinski definition) is 2. The molecule has 19 heavy (non-hydrogen) atoms. The van der Waals surface area contributed by atoms with Gasteiger partial charge >= 0.3 is 0 Å². The second kappa shape index (κ2) is 5.69. The van der Waals surface area contributed by atoms with Crippen LogP contribution in [0.2, 0.25) is 5.02 Å². The summed E-state index contributed by atoms with van der Waals surface area (Å²) in [5.74, 6) is 0.559. The molecule has 1 saturated carbocycles. The lowest BCUT2D eigenvalue weighted by Crippen LogP contribution is -2.38. The Bertz CT molecular complexity index is 560. The quantitative estimate of drug-likeness (QED) is 0.843. The van der Waals surface area contributed by atoms with E-state index in [0.29, 0.717) is 10.9 Å². The Hall–Kier alpha value is -0.780. The van der Waals surface area contributed by atoms with Gasteiger partial charge in [-0.3, -0.25) is 0 Å². The molecular weight excluding hydrogens is 284 g/mol. The molecule has 0 aromatic heterocycles. The first-order valence-electron chi connectivity index (χ1n) is 6.46. The van der Waals surface area contributed by atoms with Crippen molar-refractivity contribution >= 4 is 27.3 Å². The Morgan fingerprint density at radius 3 is 2.74 bits per heavy atom. The van der Waals surface area contributed by atoms with Crippen LogP contribution in [0.5, 0.6) is 0 Å². The molecule has 6 heteroatoms. The minimum Gasteiger partial charge on any atom is -0.398 e. The molecular formula is C13H19ClN2O2S. The van der Waals surface area contributed by atoms with Crippen LogP contribution < -0.4 is 10.5 Å². The summed E-state index contributed by atoms with van der Waals surface area (Å²) in [6, 6.07) is 4.45. The topological polar surface area (TPSA) is 72.2 Å². The molecule has 0 spiro atoms. The Morgan fingerprint density at radius 1 is 1.37 bits per heavy atom. The molecule has 4 nitrogen and oxygen atoms in total. The highest BCUT2D eigenvalue weighted by Gasteiger charge is 2.25. The molecule has 0 amide bonds. The van der Waals surface area contributed by atoms with Crippen LogP contribution in [0.3, 0.4) is 0 Å². The summed E-state index contributed by atoms with van der Waals surface area (Å²) in [7, 11) is -3.56. The molecule has 3 N–H and O–H groups in total. The van der Waals surface area contributed by atoms with Crippen molar-refractivity contribution in [1.82, 2.24) is 4.72 Å². The van der Waals surface area contributed by atoms with E-state index in [0.717, 1.165) is 19.3 Å². The van der Waals surface area contributed by atoms with Gasteiger partial charge in [0.25, 0.3) is 0 Å². The molecule has 0 heterocycles. The first kappa shape index (κ1) is 14.6. The predicted molar refractivity (Wildman–Crippen MR) is 77.6 cm³/mol. The smallest absolute Gasteiger partial charge is 0.242 e. The van der Waals surface area contributed by atoms with Crippen molar-refractivity contribution < 1.29 is 8.42 Å². The summed E-state index contributed by atoms with van der Waals surface area (Å²) in [5.41, 5.74) is 5.92. The van der Waals surface area contributed by atoms with Crippen LogP contribution >= 0.6 is 11.6 Å². The van der Waals surface area contributed by atoms with E-state index in [1.165, 1.54) is 24.6 Å². The number of nitrogens with two attached hydrogens (primary N) is 1. The van der Waals surface area contributed by atoms with Crippen molar-refractivity contribution in [3.05, 3.63) is 23.2 Å². The van der Waals surface area contributed by atoms with Gasteiger partial charge in [0.1, 0.15) is 4.90 Å². The van der Waals surface area contributed by atoms with Crippen molar-refractivity contribution in [2.45, 2.75) is 43.5 Å².